The Morgan fingerprint density at radius 2 is 1.88 bits per heavy atom. The van der Waals surface area contributed by atoms with E-state index in [4.69, 9.17) is 9.47 Å². The van der Waals surface area contributed by atoms with Crippen LogP contribution in [-0.4, -0.2) is 73.9 Å². The molecule has 0 spiro atoms. The van der Waals surface area contributed by atoms with E-state index in [0.29, 0.717) is 44.2 Å². The zero-order chi connectivity index (χ0) is 22.7. The van der Waals surface area contributed by atoms with Crippen molar-refractivity contribution >= 4 is 23.5 Å². The number of hydrogen-bond acceptors (Lipinski definition) is 6. The highest BCUT2D eigenvalue weighted by Crippen LogP contribution is 2.25. The highest BCUT2D eigenvalue weighted by atomic mass is 16.6. The summed E-state index contributed by atoms with van der Waals surface area (Å²) in [5.74, 6) is 0.991. The Kier molecular flexibility index (Phi) is 6.60. The van der Waals surface area contributed by atoms with Gasteiger partial charge in [0.1, 0.15) is 12.4 Å². The third kappa shape index (κ3) is 4.55. The van der Waals surface area contributed by atoms with Gasteiger partial charge in [-0.05, 0) is 56.2 Å². The SMILES string of the molecule is CCOC[C@@H]1COC(=O)N1c1ccc(C(=O)N2CCN(c3ncc(C)cc3C)CC2)cc1. The molecule has 0 N–H and O–H groups in total. The monoisotopic (exact) mass is 438 g/mol. The lowest BCUT2D eigenvalue weighted by atomic mass is 10.1. The first-order valence-electron chi connectivity index (χ1n) is 11.1. The van der Waals surface area contributed by atoms with Crippen molar-refractivity contribution < 1.29 is 19.1 Å². The highest BCUT2D eigenvalue weighted by molar-refractivity contribution is 5.96. The van der Waals surface area contributed by atoms with Crippen LogP contribution in [0.2, 0.25) is 0 Å². The molecule has 0 saturated carbocycles. The van der Waals surface area contributed by atoms with Crippen LogP contribution in [0.3, 0.4) is 0 Å². The molecule has 0 aliphatic carbocycles. The van der Waals surface area contributed by atoms with E-state index in [2.05, 4.69) is 22.9 Å². The smallest absolute Gasteiger partial charge is 0.414 e. The molecular weight excluding hydrogens is 408 g/mol. The first kappa shape index (κ1) is 22.1. The van der Waals surface area contributed by atoms with Crippen LogP contribution in [0.25, 0.3) is 0 Å². The largest absolute Gasteiger partial charge is 0.447 e. The quantitative estimate of drug-likeness (QED) is 0.690. The van der Waals surface area contributed by atoms with Crippen LogP contribution >= 0.6 is 0 Å². The molecule has 2 fully saturated rings. The number of aromatic nitrogens is 1. The number of hydrogen-bond donors (Lipinski definition) is 0. The van der Waals surface area contributed by atoms with Crippen LogP contribution < -0.4 is 9.80 Å². The average molecular weight is 439 g/mol. The Balaban J connectivity index is 1.38. The van der Waals surface area contributed by atoms with Gasteiger partial charge >= 0.3 is 6.09 Å². The molecule has 32 heavy (non-hydrogen) atoms. The maximum atomic E-state index is 13.0. The molecule has 0 unspecified atom stereocenters. The number of cyclic esters (lactones) is 1. The van der Waals surface area contributed by atoms with Crippen molar-refractivity contribution in [3.63, 3.8) is 0 Å². The summed E-state index contributed by atoms with van der Waals surface area (Å²) in [5, 5.41) is 0. The van der Waals surface area contributed by atoms with Crippen molar-refractivity contribution in [3.8, 4) is 0 Å². The minimum Gasteiger partial charge on any atom is -0.447 e. The number of carbonyl (C=O) groups is 2. The van der Waals surface area contributed by atoms with Crippen molar-refractivity contribution in [2.45, 2.75) is 26.8 Å². The van der Waals surface area contributed by atoms with Gasteiger partial charge in [-0.3, -0.25) is 9.69 Å². The Morgan fingerprint density at radius 1 is 1.16 bits per heavy atom. The van der Waals surface area contributed by atoms with Gasteiger partial charge in [0.2, 0.25) is 0 Å². The van der Waals surface area contributed by atoms with Crippen molar-refractivity contribution in [1.29, 1.82) is 0 Å². The fourth-order valence-electron chi connectivity index (χ4n) is 4.26. The molecule has 0 bridgehead atoms. The van der Waals surface area contributed by atoms with Crippen LogP contribution in [0.15, 0.2) is 36.5 Å². The molecule has 8 heteroatoms. The summed E-state index contributed by atoms with van der Waals surface area (Å²) >= 11 is 0. The van der Waals surface area contributed by atoms with Gasteiger partial charge in [-0.25, -0.2) is 9.78 Å². The second-order valence-corrected chi connectivity index (χ2v) is 8.24. The molecular formula is C24H30N4O4. The molecule has 2 amide bonds. The van der Waals surface area contributed by atoms with Gasteiger partial charge in [0.25, 0.3) is 5.91 Å². The van der Waals surface area contributed by atoms with Gasteiger partial charge in [-0.1, -0.05) is 6.07 Å². The molecule has 1 atom stereocenters. The van der Waals surface area contributed by atoms with Crippen LogP contribution in [0.5, 0.6) is 0 Å². The summed E-state index contributed by atoms with van der Waals surface area (Å²) in [5.41, 5.74) is 3.62. The predicted molar refractivity (Wildman–Crippen MR) is 122 cm³/mol. The van der Waals surface area contributed by atoms with Gasteiger partial charge in [-0.2, -0.15) is 0 Å². The normalized spacial score (nSPS) is 18.8. The van der Waals surface area contributed by atoms with Crippen LogP contribution in [0.1, 0.15) is 28.4 Å². The van der Waals surface area contributed by atoms with Crippen molar-refractivity contribution in [2.24, 2.45) is 0 Å². The van der Waals surface area contributed by atoms with Gasteiger partial charge in [0, 0.05) is 50.2 Å². The number of aryl methyl sites for hydroxylation is 2. The summed E-state index contributed by atoms with van der Waals surface area (Å²) in [6, 6.07) is 9.13. The lowest BCUT2D eigenvalue weighted by Crippen LogP contribution is -2.49. The van der Waals surface area contributed by atoms with Crippen molar-refractivity contribution in [2.75, 3.05) is 55.8 Å². The van der Waals surface area contributed by atoms with Crippen LogP contribution in [0.4, 0.5) is 16.3 Å². The Morgan fingerprint density at radius 3 is 2.53 bits per heavy atom. The molecule has 1 aromatic carbocycles. The molecule has 3 heterocycles. The lowest BCUT2D eigenvalue weighted by molar-refractivity contribution is 0.0746. The molecule has 8 nitrogen and oxygen atoms in total. The Labute approximate surface area is 188 Å². The summed E-state index contributed by atoms with van der Waals surface area (Å²) < 4.78 is 10.7. The van der Waals surface area contributed by atoms with Crippen LogP contribution in [0, 0.1) is 13.8 Å². The number of anilines is 2. The van der Waals surface area contributed by atoms with E-state index in [9.17, 15) is 9.59 Å². The number of carbonyl (C=O) groups excluding carboxylic acids is 2. The van der Waals surface area contributed by atoms with Crippen LogP contribution in [-0.2, 0) is 9.47 Å². The Bertz CT molecular complexity index is 970. The number of ether oxygens (including phenoxy) is 2. The number of rotatable bonds is 6. The average Bonchev–Trinajstić information content (AvgIpc) is 3.17. The zero-order valence-electron chi connectivity index (χ0n) is 18.9. The molecule has 1 aromatic heterocycles. The van der Waals surface area contributed by atoms with Gasteiger partial charge in [0.05, 0.1) is 12.6 Å². The molecule has 2 aliphatic heterocycles. The molecule has 0 radical (unpaired) electrons. The van der Waals surface area contributed by atoms with Gasteiger partial charge in [0.15, 0.2) is 0 Å². The number of pyridine rings is 1. The number of nitrogens with zero attached hydrogens (tertiary/aromatic N) is 4. The van der Waals surface area contributed by atoms with E-state index >= 15 is 0 Å². The molecule has 2 aliphatic rings. The van der Waals surface area contributed by atoms with E-state index in [0.717, 1.165) is 30.0 Å². The topological polar surface area (TPSA) is 75.2 Å². The van der Waals surface area contributed by atoms with E-state index in [1.54, 1.807) is 29.2 Å². The second-order valence-electron chi connectivity index (χ2n) is 8.24. The molecule has 170 valence electrons. The van der Waals surface area contributed by atoms with Gasteiger partial charge in [-0.15, -0.1) is 0 Å². The zero-order valence-corrected chi connectivity index (χ0v) is 18.9. The van der Waals surface area contributed by atoms with E-state index in [1.807, 2.05) is 24.9 Å². The fourth-order valence-corrected chi connectivity index (χ4v) is 4.26. The van der Waals surface area contributed by atoms with E-state index in [-0.39, 0.29) is 18.0 Å². The molecule has 4 rings (SSSR count). The maximum Gasteiger partial charge on any atom is 0.414 e. The predicted octanol–water partition coefficient (Wildman–Crippen LogP) is 3.02. The van der Waals surface area contributed by atoms with E-state index < -0.39 is 0 Å². The summed E-state index contributed by atoms with van der Waals surface area (Å²) in [7, 11) is 0. The number of amides is 2. The minimum atomic E-state index is -0.384. The number of piperazine rings is 1. The fraction of sp³-hybridized carbons (Fsp3) is 0.458. The standard InChI is InChI=1S/C24H30N4O4/c1-4-31-15-21-16-32-24(30)28(21)20-7-5-19(6-8-20)23(29)27-11-9-26(10-12-27)22-18(3)13-17(2)14-25-22/h5-8,13-14,21H,4,9-12,15-16H2,1-3H3/t21-/m1/s1. The first-order valence-corrected chi connectivity index (χ1v) is 11.1. The summed E-state index contributed by atoms with van der Waals surface area (Å²) in [6.07, 6.45) is 1.50. The molecule has 2 saturated heterocycles. The van der Waals surface area contributed by atoms with E-state index in [1.165, 1.54) is 0 Å². The third-order valence-corrected chi connectivity index (χ3v) is 5.92. The van der Waals surface area contributed by atoms with Crippen molar-refractivity contribution in [3.05, 3.63) is 53.2 Å². The van der Waals surface area contributed by atoms with Gasteiger partial charge < -0.3 is 19.3 Å². The summed E-state index contributed by atoms with van der Waals surface area (Å²) in [4.78, 5) is 35.5. The minimum absolute atomic E-state index is 0.000322. The molecule has 2 aromatic rings. The Hall–Kier alpha value is -3.13. The highest BCUT2D eigenvalue weighted by Gasteiger charge is 2.34. The second kappa shape index (κ2) is 9.56. The lowest BCUT2D eigenvalue weighted by Gasteiger charge is -2.36. The first-order chi connectivity index (χ1) is 15.5. The third-order valence-electron chi connectivity index (χ3n) is 5.92. The maximum absolute atomic E-state index is 13.0. The number of benzene rings is 1. The van der Waals surface area contributed by atoms with Crippen molar-refractivity contribution in [1.82, 2.24) is 9.88 Å². The summed E-state index contributed by atoms with van der Waals surface area (Å²) in [6.45, 7) is 10.1.